The van der Waals surface area contributed by atoms with E-state index in [1.807, 2.05) is 18.7 Å². The van der Waals surface area contributed by atoms with Gasteiger partial charge in [0.2, 0.25) is 11.7 Å². The Kier molecular flexibility index (Phi) is 7.07. The van der Waals surface area contributed by atoms with E-state index >= 15 is 0 Å². The highest BCUT2D eigenvalue weighted by atomic mass is 19.1. The number of nitrogens with zero attached hydrogens (tertiary/aromatic N) is 5. The minimum Gasteiger partial charge on any atom is -0.372 e. The fraction of sp³-hybridized carbons (Fsp3) is 0.278. The molecular formula is C18H19FN6O5. The van der Waals surface area contributed by atoms with Crippen LogP contribution in [0.3, 0.4) is 0 Å². The standard InChI is InChI=1S/C18H19FN6O5/c1-4-23(5-2)12-6-7-14(15(8-12)20-11(3)26)21-22-16-9-13(19)17(24(27)28)10-18(16)25(29)30/h6-10H,4-5H2,1-3H3,(H,20,26). The van der Waals surface area contributed by atoms with Gasteiger partial charge < -0.3 is 10.2 Å². The number of hydrogen-bond acceptors (Lipinski definition) is 8. The first kappa shape index (κ1) is 22.3. The Morgan fingerprint density at radius 3 is 2.17 bits per heavy atom. The number of rotatable bonds is 8. The quantitative estimate of drug-likeness (QED) is 0.368. The third kappa shape index (κ3) is 5.10. The number of carbonyl (C=O) groups is 1. The number of amides is 1. The van der Waals surface area contributed by atoms with Crippen LogP contribution >= 0.6 is 0 Å². The molecule has 0 aromatic heterocycles. The van der Waals surface area contributed by atoms with E-state index in [2.05, 4.69) is 15.5 Å². The fourth-order valence-corrected chi connectivity index (χ4v) is 2.70. The molecule has 2 aromatic carbocycles. The van der Waals surface area contributed by atoms with Gasteiger partial charge in [-0.3, -0.25) is 25.0 Å². The van der Waals surface area contributed by atoms with Gasteiger partial charge in [0, 0.05) is 31.8 Å². The summed E-state index contributed by atoms with van der Waals surface area (Å²) in [6, 6.07) is 6.02. The summed E-state index contributed by atoms with van der Waals surface area (Å²) in [7, 11) is 0. The number of carbonyl (C=O) groups excluding carboxylic acids is 1. The first-order chi connectivity index (χ1) is 14.2. The molecule has 0 unspecified atom stereocenters. The monoisotopic (exact) mass is 418 g/mol. The molecule has 0 saturated heterocycles. The van der Waals surface area contributed by atoms with Crippen LogP contribution in [-0.4, -0.2) is 28.8 Å². The maximum Gasteiger partial charge on any atom is 0.311 e. The molecule has 0 fully saturated rings. The molecule has 2 aromatic rings. The molecule has 11 nitrogen and oxygen atoms in total. The van der Waals surface area contributed by atoms with E-state index in [1.165, 1.54) is 6.92 Å². The Morgan fingerprint density at radius 1 is 1.03 bits per heavy atom. The Bertz CT molecular complexity index is 1020. The molecule has 0 saturated carbocycles. The highest BCUT2D eigenvalue weighted by Crippen LogP contribution is 2.36. The van der Waals surface area contributed by atoms with E-state index in [9.17, 15) is 29.4 Å². The molecule has 12 heteroatoms. The maximum absolute atomic E-state index is 13.9. The zero-order valence-electron chi connectivity index (χ0n) is 16.5. The van der Waals surface area contributed by atoms with Gasteiger partial charge in [0.1, 0.15) is 5.69 Å². The Hall–Kier alpha value is -3.96. The fourth-order valence-electron chi connectivity index (χ4n) is 2.70. The van der Waals surface area contributed by atoms with Crippen molar-refractivity contribution in [3.63, 3.8) is 0 Å². The summed E-state index contributed by atoms with van der Waals surface area (Å²) in [4.78, 5) is 33.6. The summed E-state index contributed by atoms with van der Waals surface area (Å²) >= 11 is 0. The second-order valence-electron chi connectivity index (χ2n) is 6.06. The van der Waals surface area contributed by atoms with E-state index in [0.717, 1.165) is 18.8 Å². The Labute approximate surface area is 170 Å². The molecule has 2 rings (SSSR count). The van der Waals surface area contributed by atoms with Crippen molar-refractivity contribution in [1.29, 1.82) is 0 Å². The van der Waals surface area contributed by atoms with Gasteiger partial charge in [-0.2, -0.15) is 4.39 Å². The second-order valence-corrected chi connectivity index (χ2v) is 6.06. The summed E-state index contributed by atoms with van der Waals surface area (Å²) < 4.78 is 13.9. The number of hydrogen-bond donors (Lipinski definition) is 1. The van der Waals surface area contributed by atoms with Crippen molar-refractivity contribution in [2.24, 2.45) is 10.2 Å². The van der Waals surface area contributed by atoms with Crippen LogP contribution in [0.1, 0.15) is 20.8 Å². The molecule has 0 spiro atoms. The number of azo groups is 1. The lowest BCUT2D eigenvalue weighted by Gasteiger charge is -2.22. The number of halogens is 1. The lowest BCUT2D eigenvalue weighted by atomic mass is 10.2. The van der Waals surface area contributed by atoms with Crippen LogP contribution in [0.5, 0.6) is 0 Å². The molecule has 30 heavy (non-hydrogen) atoms. The largest absolute Gasteiger partial charge is 0.372 e. The number of nitro groups is 2. The van der Waals surface area contributed by atoms with Crippen molar-refractivity contribution in [3.8, 4) is 0 Å². The van der Waals surface area contributed by atoms with Crippen molar-refractivity contribution in [1.82, 2.24) is 0 Å². The Balaban J connectivity index is 2.53. The Morgan fingerprint density at radius 2 is 1.63 bits per heavy atom. The van der Waals surface area contributed by atoms with Crippen LogP contribution < -0.4 is 10.2 Å². The highest BCUT2D eigenvalue weighted by molar-refractivity contribution is 5.93. The average Bonchev–Trinajstić information content (AvgIpc) is 2.67. The molecule has 1 N–H and O–H groups in total. The molecule has 0 atom stereocenters. The summed E-state index contributed by atoms with van der Waals surface area (Å²) in [5, 5.41) is 32.2. The van der Waals surface area contributed by atoms with Crippen LogP contribution in [0.15, 0.2) is 40.6 Å². The molecule has 0 heterocycles. The van der Waals surface area contributed by atoms with Gasteiger partial charge in [-0.1, -0.05) is 0 Å². The topological polar surface area (TPSA) is 143 Å². The van der Waals surface area contributed by atoms with Crippen molar-refractivity contribution in [2.45, 2.75) is 20.8 Å². The van der Waals surface area contributed by atoms with E-state index in [-0.39, 0.29) is 11.6 Å². The minimum atomic E-state index is -1.28. The van der Waals surface area contributed by atoms with Gasteiger partial charge in [0.15, 0.2) is 5.69 Å². The van der Waals surface area contributed by atoms with Crippen LogP contribution in [0.2, 0.25) is 0 Å². The van der Waals surface area contributed by atoms with Crippen molar-refractivity contribution < 1.29 is 19.0 Å². The first-order valence-corrected chi connectivity index (χ1v) is 8.88. The van der Waals surface area contributed by atoms with Crippen molar-refractivity contribution in [3.05, 3.63) is 56.4 Å². The molecule has 0 aliphatic rings. The molecule has 0 bridgehead atoms. The van der Waals surface area contributed by atoms with Gasteiger partial charge in [-0.25, -0.2) is 0 Å². The first-order valence-electron chi connectivity index (χ1n) is 8.88. The number of nitro benzene ring substituents is 2. The molecule has 0 aliphatic carbocycles. The van der Waals surface area contributed by atoms with E-state index in [4.69, 9.17) is 0 Å². The van der Waals surface area contributed by atoms with Crippen LogP contribution in [0.4, 0.5) is 38.5 Å². The number of benzene rings is 2. The minimum absolute atomic E-state index is 0.175. The number of nitrogens with one attached hydrogen (secondary N) is 1. The normalized spacial score (nSPS) is 10.8. The lowest BCUT2D eigenvalue weighted by molar-refractivity contribution is -0.395. The molecule has 0 radical (unpaired) electrons. The third-order valence-corrected chi connectivity index (χ3v) is 4.12. The second kappa shape index (κ2) is 9.49. The molecule has 0 aliphatic heterocycles. The molecule has 1 amide bonds. The maximum atomic E-state index is 13.9. The summed E-state index contributed by atoms with van der Waals surface area (Å²) in [5.74, 6) is -1.64. The van der Waals surface area contributed by atoms with E-state index in [0.29, 0.717) is 17.8 Å². The van der Waals surface area contributed by atoms with Crippen LogP contribution in [0, 0.1) is 26.0 Å². The van der Waals surface area contributed by atoms with Gasteiger partial charge in [0.25, 0.3) is 0 Å². The van der Waals surface area contributed by atoms with Crippen molar-refractivity contribution >= 4 is 40.0 Å². The van der Waals surface area contributed by atoms with Gasteiger partial charge in [-0.15, -0.1) is 10.2 Å². The summed E-state index contributed by atoms with van der Waals surface area (Å²) in [6.07, 6.45) is 0. The third-order valence-electron chi connectivity index (χ3n) is 4.12. The highest BCUT2D eigenvalue weighted by Gasteiger charge is 2.25. The zero-order valence-corrected chi connectivity index (χ0v) is 16.5. The lowest BCUT2D eigenvalue weighted by Crippen LogP contribution is -2.21. The molecular weight excluding hydrogens is 399 g/mol. The van der Waals surface area contributed by atoms with Crippen molar-refractivity contribution in [2.75, 3.05) is 23.3 Å². The smallest absolute Gasteiger partial charge is 0.311 e. The summed E-state index contributed by atoms with van der Waals surface area (Å²) in [5.41, 5.74) is -1.01. The van der Waals surface area contributed by atoms with Gasteiger partial charge >= 0.3 is 11.4 Å². The van der Waals surface area contributed by atoms with Gasteiger partial charge in [0.05, 0.1) is 21.6 Å². The average molecular weight is 418 g/mol. The zero-order chi connectivity index (χ0) is 22.4. The predicted molar refractivity (Wildman–Crippen MR) is 108 cm³/mol. The molecule has 158 valence electrons. The SMILES string of the molecule is CCN(CC)c1ccc(N=Nc2cc(F)c([N+](=O)[O-])cc2[N+](=O)[O-])c(NC(C)=O)c1. The van der Waals surface area contributed by atoms with E-state index in [1.54, 1.807) is 18.2 Å². The predicted octanol–water partition coefficient (Wildman–Crippen LogP) is 4.86. The van der Waals surface area contributed by atoms with Crippen LogP contribution in [-0.2, 0) is 4.79 Å². The van der Waals surface area contributed by atoms with E-state index < -0.39 is 32.7 Å². The van der Waals surface area contributed by atoms with Gasteiger partial charge in [-0.05, 0) is 32.0 Å². The van der Waals surface area contributed by atoms with Crippen LogP contribution in [0.25, 0.3) is 0 Å². The summed E-state index contributed by atoms with van der Waals surface area (Å²) in [6.45, 7) is 6.70. The number of anilines is 2.